The van der Waals surface area contributed by atoms with Crippen molar-refractivity contribution in [3.05, 3.63) is 35.9 Å². The fourth-order valence-corrected chi connectivity index (χ4v) is 3.28. The molecule has 4 heteroatoms. The van der Waals surface area contributed by atoms with Crippen LogP contribution in [-0.2, 0) is 16.0 Å². The van der Waals surface area contributed by atoms with E-state index in [0.29, 0.717) is 6.42 Å². The number of rotatable bonds is 5. The summed E-state index contributed by atoms with van der Waals surface area (Å²) in [6, 6.07) is 9.60. The predicted molar refractivity (Wildman–Crippen MR) is 81.0 cm³/mol. The van der Waals surface area contributed by atoms with Crippen LogP contribution in [0.3, 0.4) is 0 Å². The summed E-state index contributed by atoms with van der Waals surface area (Å²) in [6.07, 6.45) is 5.07. The smallest absolute Gasteiger partial charge is 0.305 e. The van der Waals surface area contributed by atoms with Crippen molar-refractivity contribution in [3.8, 4) is 0 Å². The van der Waals surface area contributed by atoms with Crippen LogP contribution in [0.5, 0.6) is 0 Å². The molecule has 1 fully saturated rings. The van der Waals surface area contributed by atoms with Gasteiger partial charge in [0.05, 0.1) is 18.4 Å². The van der Waals surface area contributed by atoms with E-state index < -0.39 is 11.5 Å². The molecule has 0 heterocycles. The van der Waals surface area contributed by atoms with Crippen molar-refractivity contribution in [2.75, 3.05) is 7.05 Å². The Morgan fingerprint density at radius 2 is 1.76 bits per heavy atom. The molecule has 1 saturated carbocycles. The monoisotopic (exact) mass is 289 g/mol. The zero-order chi connectivity index (χ0) is 15.3. The molecule has 0 atom stereocenters. The van der Waals surface area contributed by atoms with Gasteiger partial charge in [0.15, 0.2) is 0 Å². The number of hydrogen-bond acceptors (Lipinski definition) is 2. The maximum absolute atomic E-state index is 12.5. The van der Waals surface area contributed by atoms with Gasteiger partial charge in [-0.2, -0.15) is 0 Å². The molecule has 0 unspecified atom stereocenters. The molecular weight excluding hydrogens is 266 g/mol. The maximum Gasteiger partial charge on any atom is 0.305 e. The Kier molecular flexibility index (Phi) is 4.99. The summed E-state index contributed by atoms with van der Waals surface area (Å²) < 4.78 is 0. The van der Waals surface area contributed by atoms with Gasteiger partial charge in [-0.1, -0.05) is 49.6 Å². The summed E-state index contributed by atoms with van der Waals surface area (Å²) >= 11 is 0. The summed E-state index contributed by atoms with van der Waals surface area (Å²) in [5, 5.41) is 9.21. The quantitative estimate of drug-likeness (QED) is 0.906. The first kappa shape index (κ1) is 15.5. The molecule has 1 aromatic carbocycles. The fourth-order valence-electron chi connectivity index (χ4n) is 3.28. The molecule has 0 saturated heterocycles. The van der Waals surface area contributed by atoms with Gasteiger partial charge in [0.25, 0.3) is 0 Å². The standard InChI is InChI=1S/C17H23NO3/c1-18(15(19)12-14-8-4-2-5-9-14)17(13-16(20)21)10-6-3-7-11-17/h2,4-5,8-9H,3,6-7,10-13H2,1H3,(H,20,21). The molecule has 0 aromatic heterocycles. The Morgan fingerprint density at radius 3 is 2.33 bits per heavy atom. The van der Waals surface area contributed by atoms with Crippen LogP contribution in [0, 0.1) is 0 Å². The van der Waals surface area contributed by atoms with E-state index in [4.69, 9.17) is 0 Å². The normalized spacial score (nSPS) is 17.2. The molecule has 4 nitrogen and oxygen atoms in total. The van der Waals surface area contributed by atoms with Crippen molar-refractivity contribution in [1.82, 2.24) is 4.90 Å². The topological polar surface area (TPSA) is 57.6 Å². The number of benzene rings is 1. The van der Waals surface area contributed by atoms with Gasteiger partial charge >= 0.3 is 5.97 Å². The first-order valence-corrected chi connectivity index (χ1v) is 7.56. The van der Waals surface area contributed by atoms with Crippen LogP contribution in [0.2, 0.25) is 0 Å². The second-order valence-corrected chi connectivity index (χ2v) is 5.97. The van der Waals surface area contributed by atoms with Crippen LogP contribution in [0.15, 0.2) is 30.3 Å². The predicted octanol–water partition coefficient (Wildman–Crippen LogP) is 2.87. The molecule has 0 radical (unpaired) electrons. The summed E-state index contributed by atoms with van der Waals surface area (Å²) in [5.74, 6) is -0.819. The molecule has 21 heavy (non-hydrogen) atoms. The first-order valence-electron chi connectivity index (χ1n) is 7.56. The minimum Gasteiger partial charge on any atom is -0.481 e. The van der Waals surface area contributed by atoms with Crippen LogP contribution < -0.4 is 0 Å². The highest BCUT2D eigenvalue weighted by molar-refractivity contribution is 5.80. The third-order valence-corrected chi connectivity index (χ3v) is 4.55. The minimum absolute atomic E-state index is 0.00403. The van der Waals surface area contributed by atoms with Gasteiger partial charge in [0, 0.05) is 7.05 Å². The van der Waals surface area contributed by atoms with E-state index in [-0.39, 0.29) is 12.3 Å². The number of nitrogens with zero attached hydrogens (tertiary/aromatic N) is 1. The van der Waals surface area contributed by atoms with Gasteiger partial charge in [0.1, 0.15) is 0 Å². The number of carboxylic acids is 1. The van der Waals surface area contributed by atoms with Gasteiger partial charge in [-0.15, -0.1) is 0 Å². The lowest BCUT2D eigenvalue weighted by atomic mass is 9.78. The van der Waals surface area contributed by atoms with Crippen molar-refractivity contribution in [2.24, 2.45) is 0 Å². The molecular formula is C17H23NO3. The molecule has 0 bridgehead atoms. The maximum atomic E-state index is 12.5. The van der Waals surface area contributed by atoms with Crippen molar-refractivity contribution in [2.45, 2.75) is 50.5 Å². The van der Waals surface area contributed by atoms with Crippen LogP contribution in [0.1, 0.15) is 44.1 Å². The van der Waals surface area contributed by atoms with Crippen molar-refractivity contribution in [3.63, 3.8) is 0 Å². The minimum atomic E-state index is -0.823. The number of carbonyl (C=O) groups excluding carboxylic acids is 1. The first-order chi connectivity index (χ1) is 10.0. The molecule has 0 spiro atoms. The average molecular weight is 289 g/mol. The lowest BCUT2D eigenvalue weighted by Crippen LogP contribution is -2.52. The highest BCUT2D eigenvalue weighted by atomic mass is 16.4. The van der Waals surface area contributed by atoms with E-state index in [1.165, 1.54) is 0 Å². The largest absolute Gasteiger partial charge is 0.481 e. The van der Waals surface area contributed by atoms with E-state index in [2.05, 4.69) is 0 Å². The van der Waals surface area contributed by atoms with Crippen molar-refractivity contribution < 1.29 is 14.7 Å². The molecule has 1 amide bonds. The lowest BCUT2D eigenvalue weighted by Gasteiger charge is -2.44. The van der Waals surface area contributed by atoms with E-state index in [1.54, 1.807) is 11.9 Å². The van der Waals surface area contributed by atoms with Crippen LogP contribution in [0.4, 0.5) is 0 Å². The second-order valence-electron chi connectivity index (χ2n) is 5.97. The van der Waals surface area contributed by atoms with E-state index in [9.17, 15) is 14.7 Å². The molecule has 2 rings (SSSR count). The van der Waals surface area contributed by atoms with Gasteiger partial charge in [-0.05, 0) is 18.4 Å². The number of carbonyl (C=O) groups is 2. The zero-order valence-corrected chi connectivity index (χ0v) is 12.5. The molecule has 0 aliphatic heterocycles. The van der Waals surface area contributed by atoms with E-state index >= 15 is 0 Å². The van der Waals surface area contributed by atoms with E-state index in [0.717, 1.165) is 37.7 Å². The third-order valence-electron chi connectivity index (χ3n) is 4.55. The second kappa shape index (κ2) is 6.74. The molecule has 1 N–H and O–H groups in total. The zero-order valence-electron chi connectivity index (χ0n) is 12.5. The van der Waals surface area contributed by atoms with Crippen LogP contribution in [-0.4, -0.2) is 34.5 Å². The lowest BCUT2D eigenvalue weighted by molar-refractivity contribution is -0.145. The Morgan fingerprint density at radius 1 is 1.14 bits per heavy atom. The number of carboxylic acid groups (broad SMARTS) is 1. The number of likely N-dealkylation sites (N-methyl/N-ethyl adjacent to an activating group) is 1. The molecule has 1 aliphatic rings. The number of hydrogen-bond donors (Lipinski definition) is 1. The molecule has 114 valence electrons. The average Bonchev–Trinajstić information content (AvgIpc) is 2.47. The Labute approximate surface area is 125 Å². The highest BCUT2D eigenvalue weighted by Crippen LogP contribution is 2.36. The number of amides is 1. The Bertz CT molecular complexity index is 492. The van der Waals surface area contributed by atoms with Crippen molar-refractivity contribution in [1.29, 1.82) is 0 Å². The van der Waals surface area contributed by atoms with Gasteiger partial charge in [-0.25, -0.2) is 0 Å². The Balaban J connectivity index is 2.11. The molecule has 1 aliphatic carbocycles. The number of aliphatic carboxylic acids is 1. The van der Waals surface area contributed by atoms with Crippen molar-refractivity contribution >= 4 is 11.9 Å². The third kappa shape index (κ3) is 3.84. The summed E-state index contributed by atoms with van der Waals surface area (Å²) in [6.45, 7) is 0. The Hall–Kier alpha value is -1.84. The highest BCUT2D eigenvalue weighted by Gasteiger charge is 2.40. The summed E-state index contributed by atoms with van der Waals surface area (Å²) in [7, 11) is 1.76. The van der Waals surface area contributed by atoms with Gasteiger partial charge in [0.2, 0.25) is 5.91 Å². The summed E-state index contributed by atoms with van der Waals surface area (Å²) in [5.41, 5.74) is 0.464. The fraction of sp³-hybridized carbons (Fsp3) is 0.529. The SMILES string of the molecule is CN(C(=O)Cc1ccccc1)C1(CC(=O)O)CCCCC1. The van der Waals surface area contributed by atoms with E-state index in [1.807, 2.05) is 30.3 Å². The van der Waals surface area contributed by atoms with Crippen LogP contribution >= 0.6 is 0 Å². The van der Waals surface area contributed by atoms with Crippen LogP contribution in [0.25, 0.3) is 0 Å². The summed E-state index contributed by atoms with van der Waals surface area (Å²) in [4.78, 5) is 25.5. The van der Waals surface area contributed by atoms with Gasteiger partial charge in [-0.3, -0.25) is 9.59 Å². The van der Waals surface area contributed by atoms with Gasteiger partial charge < -0.3 is 10.0 Å². The molecule has 1 aromatic rings.